The van der Waals surface area contributed by atoms with Crippen LogP contribution >= 0.6 is 23.4 Å². The van der Waals surface area contributed by atoms with E-state index in [4.69, 9.17) is 11.6 Å². The van der Waals surface area contributed by atoms with Crippen molar-refractivity contribution >= 4 is 35.0 Å². The number of thioether (sulfide) groups is 1. The minimum Gasteiger partial charge on any atom is -0.311 e. The van der Waals surface area contributed by atoms with Crippen LogP contribution in [0.5, 0.6) is 0 Å². The quantitative estimate of drug-likeness (QED) is 0.685. The van der Waals surface area contributed by atoms with E-state index in [1.807, 2.05) is 34.9 Å². The Hall–Kier alpha value is -0.930. The number of carbonyl (C=O) groups is 1. The first-order chi connectivity index (χ1) is 10.1. The van der Waals surface area contributed by atoms with Crippen LogP contribution in [0.1, 0.15) is 32.6 Å². The standard InChI is InChI=1S/C17H20ClNOS/c1-12-9-10-19(17(20)13-5-3-2-4-6-13)15-11-14(18)7-8-16(15)21-12/h2-3,7-8,11-13H,4-6,9-10H2,1H3/t12-,13+/m1/s1. The molecule has 0 spiro atoms. The van der Waals surface area contributed by atoms with Crippen molar-refractivity contribution in [1.82, 2.24) is 0 Å². The lowest BCUT2D eigenvalue weighted by Crippen LogP contribution is -2.37. The summed E-state index contributed by atoms with van der Waals surface area (Å²) in [5.41, 5.74) is 0.997. The Kier molecular flexibility index (Phi) is 4.60. The van der Waals surface area contributed by atoms with Gasteiger partial charge >= 0.3 is 0 Å². The number of fused-ring (bicyclic) bond motifs is 1. The third kappa shape index (κ3) is 3.29. The van der Waals surface area contributed by atoms with Crippen molar-refractivity contribution in [3.63, 3.8) is 0 Å². The molecule has 2 atom stereocenters. The Morgan fingerprint density at radius 3 is 2.95 bits per heavy atom. The molecule has 1 aliphatic heterocycles. The van der Waals surface area contributed by atoms with Crippen molar-refractivity contribution in [3.05, 3.63) is 35.4 Å². The van der Waals surface area contributed by atoms with E-state index in [1.54, 1.807) is 0 Å². The predicted octanol–water partition coefficient (Wildman–Crippen LogP) is 4.91. The summed E-state index contributed by atoms with van der Waals surface area (Å²) < 4.78 is 0. The van der Waals surface area contributed by atoms with Crippen LogP contribution in [0.4, 0.5) is 5.69 Å². The third-order valence-electron chi connectivity index (χ3n) is 4.18. The molecule has 21 heavy (non-hydrogen) atoms. The van der Waals surface area contributed by atoms with Gasteiger partial charge in [-0.25, -0.2) is 0 Å². The monoisotopic (exact) mass is 321 g/mol. The number of carbonyl (C=O) groups excluding carboxylic acids is 1. The topological polar surface area (TPSA) is 20.3 Å². The van der Waals surface area contributed by atoms with E-state index in [0.29, 0.717) is 10.3 Å². The van der Waals surface area contributed by atoms with Gasteiger partial charge in [-0.2, -0.15) is 0 Å². The molecule has 0 bridgehead atoms. The number of rotatable bonds is 1. The zero-order chi connectivity index (χ0) is 14.8. The predicted molar refractivity (Wildman–Crippen MR) is 90.2 cm³/mol. The van der Waals surface area contributed by atoms with Gasteiger partial charge in [-0.1, -0.05) is 30.7 Å². The Bertz CT molecular complexity index is 572. The highest BCUT2D eigenvalue weighted by Crippen LogP contribution is 2.40. The first-order valence-electron chi connectivity index (χ1n) is 7.58. The highest BCUT2D eigenvalue weighted by atomic mass is 35.5. The van der Waals surface area contributed by atoms with Gasteiger partial charge in [0.05, 0.1) is 5.69 Å². The van der Waals surface area contributed by atoms with Gasteiger partial charge in [-0.3, -0.25) is 4.79 Å². The number of nitrogens with zero attached hydrogens (tertiary/aromatic N) is 1. The van der Waals surface area contributed by atoms with E-state index in [2.05, 4.69) is 19.1 Å². The zero-order valence-corrected chi connectivity index (χ0v) is 13.8. The van der Waals surface area contributed by atoms with E-state index in [0.717, 1.165) is 37.9 Å². The number of amides is 1. The van der Waals surface area contributed by atoms with Crippen LogP contribution in [0.25, 0.3) is 0 Å². The fourth-order valence-corrected chi connectivity index (χ4v) is 4.23. The third-order valence-corrected chi connectivity index (χ3v) is 5.66. The second-order valence-electron chi connectivity index (χ2n) is 5.80. The molecule has 1 heterocycles. The number of hydrogen-bond acceptors (Lipinski definition) is 2. The fourth-order valence-electron chi connectivity index (χ4n) is 2.98. The lowest BCUT2D eigenvalue weighted by atomic mass is 9.93. The maximum Gasteiger partial charge on any atom is 0.230 e. The summed E-state index contributed by atoms with van der Waals surface area (Å²) >= 11 is 8.01. The molecule has 1 aromatic carbocycles. The second-order valence-corrected chi connectivity index (χ2v) is 7.72. The molecule has 112 valence electrons. The van der Waals surface area contributed by atoms with E-state index in [9.17, 15) is 4.79 Å². The van der Waals surface area contributed by atoms with E-state index in [-0.39, 0.29) is 11.8 Å². The summed E-state index contributed by atoms with van der Waals surface area (Å²) in [7, 11) is 0. The minimum atomic E-state index is 0.125. The number of hydrogen-bond donors (Lipinski definition) is 0. The van der Waals surface area contributed by atoms with Gasteiger partial charge in [-0.15, -0.1) is 11.8 Å². The molecule has 4 heteroatoms. The van der Waals surface area contributed by atoms with E-state index >= 15 is 0 Å². The first kappa shape index (κ1) is 15.0. The summed E-state index contributed by atoms with van der Waals surface area (Å²) in [4.78, 5) is 16.1. The summed E-state index contributed by atoms with van der Waals surface area (Å²) in [6.45, 7) is 3.01. The largest absolute Gasteiger partial charge is 0.311 e. The van der Waals surface area contributed by atoms with Crippen molar-refractivity contribution in [2.45, 2.75) is 42.8 Å². The van der Waals surface area contributed by atoms with Crippen LogP contribution in [-0.2, 0) is 4.79 Å². The molecule has 0 radical (unpaired) electrons. The van der Waals surface area contributed by atoms with Crippen molar-refractivity contribution in [2.24, 2.45) is 5.92 Å². The fraction of sp³-hybridized carbons (Fsp3) is 0.471. The van der Waals surface area contributed by atoms with Crippen LogP contribution in [0.2, 0.25) is 5.02 Å². The lowest BCUT2D eigenvalue weighted by Gasteiger charge is -2.28. The van der Waals surface area contributed by atoms with Crippen LogP contribution < -0.4 is 4.90 Å². The highest BCUT2D eigenvalue weighted by Gasteiger charge is 2.29. The van der Waals surface area contributed by atoms with E-state index < -0.39 is 0 Å². The van der Waals surface area contributed by atoms with Crippen molar-refractivity contribution in [3.8, 4) is 0 Å². The van der Waals surface area contributed by atoms with Gasteiger partial charge in [-0.05, 0) is 43.9 Å². The molecule has 0 N–H and O–H groups in total. The van der Waals surface area contributed by atoms with Gasteiger partial charge in [0.25, 0.3) is 0 Å². The molecule has 0 aromatic heterocycles. The highest BCUT2D eigenvalue weighted by molar-refractivity contribution is 8.00. The SMILES string of the molecule is C[C@@H]1CCN(C(=O)[C@H]2CC=CCC2)c2cc(Cl)ccc2S1. The lowest BCUT2D eigenvalue weighted by molar-refractivity contribution is -0.122. The molecule has 0 saturated heterocycles. The van der Waals surface area contributed by atoms with Gasteiger partial charge < -0.3 is 4.90 Å². The summed E-state index contributed by atoms with van der Waals surface area (Å²) in [5, 5.41) is 1.22. The first-order valence-corrected chi connectivity index (χ1v) is 8.83. The molecule has 2 nitrogen and oxygen atoms in total. The molecular formula is C17H20ClNOS. The minimum absolute atomic E-state index is 0.125. The van der Waals surface area contributed by atoms with Gasteiger partial charge in [0.15, 0.2) is 0 Å². The second kappa shape index (κ2) is 6.45. The van der Waals surface area contributed by atoms with Crippen LogP contribution in [0.15, 0.2) is 35.2 Å². The van der Waals surface area contributed by atoms with Crippen LogP contribution in [0, 0.1) is 5.92 Å². The van der Waals surface area contributed by atoms with Crippen molar-refractivity contribution in [1.29, 1.82) is 0 Å². The Balaban J connectivity index is 1.92. The van der Waals surface area contributed by atoms with Crippen molar-refractivity contribution in [2.75, 3.05) is 11.4 Å². The molecule has 2 aliphatic rings. The number of allylic oxidation sites excluding steroid dienone is 2. The molecule has 1 aliphatic carbocycles. The molecule has 1 aromatic rings. The number of anilines is 1. The van der Waals surface area contributed by atoms with Gasteiger partial charge in [0, 0.05) is 27.6 Å². The smallest absolute Gasteiger partial charge is 0.230 e. The van der Waals surface area contributed by atoms with Crippen LogP contribution in [-0.4, -0.2) is 17.7 Å². The normalized spacial score (nSPS) is 25.3. The Morgan fingerprint density at radius 2 is 2.19 bits per heavy atom. The molecule has 0 saturated carbocycles. The van der Waals surface area contributed by atoms with Crippen LogP contribution in [0.3, 0.4) is 0 Å². The Morgan fingerprint density at radius 1 is 1.33 bits per heavy atom. The molecule has 0 unspecified atom stereocenters. The molecule has 1 amide bonds. The van der Waals surface area contributed by atoms with E-state index in [1.165, 1.54) is 4.90 Å². The molecular weight excluding hydrogens is 302 g/mol. The van der Waals surface area contributed by atoms with Gasteiger partial charge in [0.1, 0.15) is 0 Å². The maximum absolute atomic E-state index is 12.9. The number of halogens is 1. The summed E-state index contributed by atoms with van der Waals surface area (Å²) in [5.74, 6) is 0.387. The molecule has 3 rings (SSSR count). The summed E-state index contributed by atoms with van der Waals surface area (Å²) in [6.07, 6.45) is 8.18. The molecule has 0 fully saturated rings. The average molecular weight is 322 g/mol. The van der Waals surface area contributed by atoms with Gasteiger partial charge in [0.2, 0.25) is 5.91 Å². The number of benzene rings is 1. The maximum atomic E-state index is 12.9. The Labute approximate surface area is 135 Å². The summed E-state index contributed by atoms with van der Waals surface area (Å²) in [6, 6.07) is 5.90. The average Bonchev–Trinajstić information content (AvgIpc) is 2.66. The zero-order valence-electron chi connectivity index (χ0n) is 12.2. The van der Waals surface area contributed by atoms with Crippen molar-refractivity contribution < 1.29 is 4.79 Å².